The largest absolute Gasteiger partial charge is 0.368 e. The molecule has 0 unspecified atom stereocenters. The molecule has 2 heterocycles. The molecule has 0 atom stereocenters. The molecule has 3 N–H and O–H groups in total. The van der Waals surface area contributed by atoms with Gasteiger partial charge in [-0.05, 0) is 18.2 Å². The lowest BCUT2D eigenvalue weighted by Gasteiger charge is -2.02. The second kappa shape index (κ2) is 5.31. The molecule has 20 heavy (non-hydrogen) atoms. The van der Waals surface area contributed by atoms with E-state index < -0.39 is 0 Å². The smallest absolute Gasteiger partial charge is 0.219 e. The number of nitrogen functional groups attached to an aromatic ring is 1. The van der Waals surface area contributed by atoms with Gasteiger partial charge in [0, 0.05) is 29.5 Å². The lowest BCUT2D eigenvalue weighted by atomic mass is 10.2. The van der Waals surface area contributed by atoms with Crippen LogP contribution in [0.5, 0.6) is 0 Å². The van der Waals surface area contributed by atoms with Crippen molar-refractivity contribution >= 4 is 28.8 Å². The van der Waals surface area contributed by atoms with Crippen LogP contribution in [0.3, 0.4) is 0 Å². The minimum atomic E-state index is 0.246. The average Bonchev–Trinajstić information content (AvgIpc) is 2.49. The summed E-state index contributed by atoms with van der Waals surface area (Å²) in [6.45, 7) is 0. The number of fused-ring (bicyclic) bond motifs is 1. The second-order valence-electron chi connectivity index (χ2n) is 4.16. The Hall–Kier alpha value is -3.02. The van der Waals surface area contributed by atoms with Crippen molar-refractivity contribution in [1.29, 1.82) is 0 Å². The molecule has 98 valence electrons. The number of benzene rings is 1. The van der Waals surface area contributed by atoms with Crippen molar-refractivity contribution in [3.05, 3.63) is 54.5 Å². The Morgan fingerprint density at radius 3 is 2.80 bits per heavy atom. The molecule has 0 amide bonds. The standard InChI is InChI=1S/C14H12N6/c15-14-17-7-10(8-18-14)9-19-20-12-4-3-11-2-1-5-16-13(11)6-12/h1-9,20H,(H2,15,17,18)/b19-9+. The molecule has 0 fully saturated rings. The molecule has 0 saturated carbocycles. The molecule has 0 aliphatic heterocycles. The minimum absolute atomic E-state index is 0.246. The van der Waals surface area contributed by atoms with E-state index >= 15 is 0 Å². The van der Waals surface area contributed by atoms with Gasteiger partial charge in [-0.15, -0.1) is 0 Å². The summed E-state index contributed by atoms with van der Waals surface area (Å²) >= 11 is 0. The van der Waals surface area contributed by atoms with Crippen molar-refractivity contribution in [2.45, 2.75) is 0 Å². The third kappa shape index (κ3) is 2.69. The lowest BCUT2D eigenvalue weighted by Crippen LogP contribution is -1.96. The van der Waals surface area contributed by atoms with Crippen LogP contribution in [0.2, 0.25) is 0 Å². The van der Waals surface area contributed by atoms with Crippen LogP contribution in [-0.4, -0.2) is 21.2 Å². The van der Waals surface area contributed by atoms with Crippen molar-refractivity contribution < 1.29 is 0 Å². The van der Waals surface area contributed by atoms with Crippen LogP contribution in [0.1, 0.15) is 5.56 Å². The minimum Gasteiger partial charge on any atom is -0.368 e. The van der Waals surface area contributed by atoms with Gasteiger partial charge in [0.2, 0.25) is 5.95 Å². The predicted molar refractivity (Wildman–Crippen MR) is 79.4 cm³/mol. The number of hydrazone groups is 1. The number of anilines is 2. The molecule has 6 heteroatoms. The Morgan fingerprint density at radius 1 is 1.10 bits per heavy atom. The van der Waals surface area contributed by atoms with Gasteiger partial charge in [-0.25, -0.2) is 9.97 Å². The molecule has 0 spiro atoms. The summed E-state index contributed by atoms with van der Waals surface area (Å²) in [5.41, 5.74) is 10.9. The van der Waals surface area contributed by atoms with Crippen LogP contribution in [-0.2, 0) is 0 Å². The zero-order valence-electron chi connectivity index (χ0n) is 10.6. The van der Waals surface area contributed by atoms with Gasteiger partial charge in [0.05, 0.1) is 17.4 Å². The van der Waals surface area contributed by atoms with Gasteiger partial charge in [0.25, 0.3) is 0 Å². The summed E-state index contributed by atoms with van der Waals surface area (Å²) < 4.78 is 0. The van der Waals surface area contributed by atoms with Gasteiger partial charge >= 0.3 is 0 Å². The lowest BCUT2D eigenvalue weighted by molar-refractivity contribution is 1.18. The first-order chi connectivity index (χ1) is 9.81. The normalized spacial score (nSPS) is 11.0. The number of rotatable bonds is 3. The van der Waals surface area contributed by atoms with Crippen LogP contribution in [0.4, 0.5) is 11.6 Å². The van der Waals surface area contributed by atoms with E-state index in [0.29, 0.717) is 0 Å². The van der Waals surface area contributed by atoms with Crippen molar-refractivity contribution in [3.8, 4) is 0 Å². The Bertz CT molecular complexity index is 751. The number of hydrogen-bond donors (Lipinski definition) is 2. The molecule has 3 rings (SSSR count). The van der Waals surface area contributed by atoms with E-state index in [1.165, 1.54) is 0 Å². The topological polar surface area (TPSA) is 89.1 Å². The highest BCUT2D eigenvalue weighted by Crippen LogP contribution is 2.16. The monoisotopic (exact) mass is 264 g/mol. The van der Waals surface area contributed by atoms with Crippen molar-refractivity contribution in [3.63, 3.8) is 0 Å². The summed E-state index contributed by atoms with van der Waals surface area (Å²) in [5.74, 6) is 0.246. The second-order valence-corrected chi connectivity index (χ2v) is 4.16. The van der Waals surface area contributed by atoms with Crippen molar-refractivity contribution in [2.75, 3.05) is 11.2 Å². The van der Waals surface area contributed by atoms with Crippen LogP contribution >= 0.6 is 0 Å². The molecular weight excluding hydrogens is 252 g/mol. The summed E-state index contributed by atoms with van der Waals surface area (Å²) in [5, 5.41) is 5.22. The highest BCUT2D eigenvalue weighted by Gasteiger charge is 1.95. The molecule has 0 saturated heterocycles. The van der Waals surface area contributed by atoms with Gasteiger partial charge in [-0.2, -0.15) is 5.10 Å². The van der Waals surface area contributed by atoms with E-state index in [4.69, 9.17) is 5.73 Å². The fraction of sp³-hybridized carbons (Fsp3) is 0. The Labute approximate surface area is 115 Å². The van der Waals surface area contributed by atoms with E-state index in [1.54, 1.807) is 24.8 Å². The van der Waals surface area contributed by atoms with Crippen LogP contribution in [0.25, 0.3) is 10.9 Å². The zero-order valence-corrected chi connectivity index (χ0v) is 10.6. The molecule has 0 bridgehead atoms. The Morgan fingerprint density at radius 2 is 1.95 bits per heavy atom. The number of aromatic nitrogens is 3. The highest BCUT2D eigenvalue weighted by molar-refractivity contribution is 5.83. The fourth-order valence-electron chi connectivity index (χ4n) is 1.73. The molecular formula is C14H12N6. The molecule has 3 aromatic rings. The van der Waals surface area contributed by atoms with Gasteiger partial charge < -0.3 is 5.73 Å². The number of pyridine rings is 1. The van der Waals surface area contributed by atoms with Crippen molar-refractivity contribution in [2.24, 2.45) is 5.10 Å². The summed E-state index contributed by atoms with van der Waals surface area (Å²) in [6, 6.07) is 9.80. The maximum absolute atomic E-state index is 5.41. The number of nitrogens with zero attached hydrogens (tertiary/aromatic N) is 4. The zero-order chi connectivity index (χ0) is 13.8. The molecule has 6 nitrogen and oxygen atoms in total. The SMILES string of the molecule is Nc1ncc(/C=N/Nc2ccc3cccnc3c2)cn1. The van der Waals surface area contributed by atoms with Crippen LogP contribution in [0, 0.1) is 0 Å². The van der Waals surface area contributed by atoms with E-state index in [0.717, 1.165) is 22.2 Å². The third-order valence-electron chi connectivity index (χ3n) is 2.70. The molecule has 0 aliphatic rings. The number of hydrogen-bond acceptors (Lipinski definition) is 6. The quantitative estimate of drug-likeness (QED) is 0.558. The van der Waals surface area contributed by atoms with Gasteiger partial charge in [-0.3, -0.25) is 10.4 Å². The molecule has 0 radical (unpaired) electrons. The summed E-state index contributed by atoms with van der Waals surface area (Å²) in [4.78, 5) is 12.1. The Balaban J connectivity index is 1.74. The first-order valence-electron chi connectivity index (χ1n) is 6.03. The van der Waals surface area contributed by atoms with E-state index in [9.17, 15) is 0 Å². The first-order valence-corrected chi connectivity index (χ1v) is 6.03. The third-order valence-corrected chi connectivity index (χ3v) is 2.70. The van der Waals surface area contributed by atoms with Crippen LogP contribution < -0.4 is 11.2 Å². The van der Waals surface area contributed by atoms with Gasteiger partial charge in [0.15, 0.2) is 0 Å². The number of nitrogens with two attached hydrogens (primary N) is 1. The molecule has 2 aromatic heterocycles. The predicted octanol–water partition coefficient (Wildman–Crippen LogP) is 2.05. The van der Waals surface area contributed by atoms with E-state index in [1.807, 2.05) is 30.3 Å². The van der Waals surface area contributed by atoms with Crippen LogP contribution in [0.15, 0.2) is 54.0 Å². The van der Waals surface area contributed by atoms with Crippen molar-refractivity contribution in [1.82, 2.24) is 15.0 Å². The Kier molecular flexibility index (Phi) is 3.20. The fourth-order valence-corrected chi connectivity index (χ4v) is 1.73. The maximum Gasteiger partial charge on any atom is 0.219 e. The average molecular weight is 264 g/mol. The molecule has 0 aliphatic carbocycles. The summed E-state index contributed by atoms with van der Waals surface area (Å²) in [6.07, 6.45) is 6.61. The molecule has 1 aromatic carbocycles. The van der Waals surface area contributed by atoms with E-state index in [2.05, 4.69) is 25.5 Å². The highest BCUT2D eigenvalue weighted by atomic mass is 15.3. The first kappa shape index (κ1) is 12.0. The maximum atomic E-state index is 5.41. The van der Waals surface area contributed by atoms with Gasteiger partial charge in [-0.1, -0.05) is 12.1 Å². The number of nitrogens with one attached hydrogen (secondary N) is 1. The van der Waals surface area contributed by atoms with E-state index in [-0.39, 0.29) is 5.95 Å². The summed E-state index contributed by atoms with van der Waals surface area (Å²) in [7, 11) is 0. The van der Waals surface area contributed by atoms with Gasteiger partial charge in [0.1, 0.15) is 0 Å².